The van der Waals surface area contributed by atoms with Crippen molar-refractivity contribution >= 4 is 28.6 Å². The Morgan fingerprint density at radius 2 is 1.95 bits per heavy atom. The summed E-state index contributed by atoms with van der Waals surface area (Å²) in [7, 11) is 1.64. The van der Waals surface area contributed by atoms with Gasteiger partial charge in [0.15, 0.2) is 11.6 Å². The van der Waals surface area contributed by atoms with E-state index in [2.05, 4.69) is 16.8 Å². The maximum Gasteiger partial charge on any atom is 0.303 e. The molecule has 1 aliphatic heterocycles. The fourth-order valence-corrected chi connectivity index (χ4v) is 6.42. The van der Waals surface area contributed by atoms with Gasteiger partial charge in [-0.05, 0) is 92.9 Å². The van der Waals surface area contributed by atoms with E-state index in [4.69, 9.17) is 4.74 Å². The van der Waals surface area contributed by atoms with E-state index < -0.39 is 23.4 Å². The molecule has 0 aliphatic carbocycles. The van der Waals surface area contributed by atoms with Crippen molar-refractivity contribution in [3.63, 3.8) is 0 Å². The van der Waals surface area contributed by atoms with E-state index in [0.29, 0.717) is 18.4 Å². The Morgan fingerprint density at radius 3 is 2.66 bits per heavy atom. The van der Waals surface area contributed by atoms with Gasteiger partial charge in [0.1, 0.15) is 11.6 Å². The summed E-state index contributed by atoms with van der Waals surface area (Å²) in [5.41, 5.74) is 2.97. The van der Waals surface area contributed by atoms with Crippen LogP contribution >= 0.6 is 11.8 Å². The number of hydrogen-bond acceptors (Lipinski definition) is 5. The minimum absolute atomic E-state index is 0.0312. The molecule has 2 heterocycles. The number of pyridine rings is 1. The van der Waals surface area contributed by atoms with Gasteiger partial charge in [0, 0.05) is 34.8 Å². The van der Waals surface area contributed by atoms with Gasteiger partial charge in [-0.3, -0.25) is 9.78 Å². The molecule has 1 N–H and O–H groups in total. The molecule has 1 fully saturated rings. The smallest absolute Gasteiger partial charge is 0.303 e. The molecule has 1 saturated heterocycles. The number of methoxy groups -OCH3 is 1. The molecule has 204 valence electrons. The van der Waals surface area contributed by atoms with E-state index in [0.717, 1.165) is 85.2 Å². The molecule has 0 bridgehead atoms. The van der Waals surface area contributed by atoms with Gasteiger partial charge >= 0.3 is 5.97 Å². The van der Waals surface area contributed by atoms with Crippen molar-refractivity contribution in [3.8, 4) is 5.75 Å². The standard InChI is InChI=1S/C29H33F3N2O3S/c1-19-18-33-25-6-5-21(37-2)16-23(25)22(19)4-3-7-29(17-27(35)36)8-10-34(11-9-29)12-13-38-26-15-20(30)14-24(31)28(26)32/h5-6,14-16,18H,3-4,7-13,17H2,1-2H3,(H,35,36). The second kappa shape index (κ2) is 12.4. The Morgan fingerprint density at radius 1 is 1.18 bits per heavy atom. The first kappa shape index (κ1) is 28.2. The van der Waals surface area contributed by atoms with Crippen LogP contribution in [0.15, 0.2) is 41.4 Å². The SMILES string of the molecule is COc1ccc2ncc(C)c(CCCC3(CC(=O)O)CCN(CCSc4cc(F)cc(F)c4F)CC3)c2c1. The molecule has 0 saturated carbocycles. The molecule has 9 heteroatoms. The Hall–Kier alpha value is -2.78. The predicted octanol–water partition coefficient (Wildman–Crippen LogP) is 6.64. The Bertz CT molecular complexity index is 1300. The third kappa shape index (κ3) is 6.80. The van der Waals surface area contributed by atoms with E-state index in [1.165, 1.54) is 5.56 Å². The van der Waals surface area contributed by atoms with Gasteiger partial charge < -0.3 is 14.7 Å². The first-order valence-corrected chi connectivity index (χ1v) is 13.8. The number of rotatable bonds is 11. The number of benzene rings is 2. The quantitative estimate of drug-likeness (QED) is 0.215. The number of likely N-dealkylation sites (tertiary alicyclic amines) is 1. The number of aromatic nitrogens is 1. The van der Waals surface area contributed by atoms with Crippen LogP contribution < -0.4 is 4.74 Å². The Balaban J connectivity index is 1.35. The molecular weight excluding hydrogens is 513 g/mol. The van der Waals surface area contributed by atoms with Crippen molar-refractivity contribution in [1.82, 2.24) is 9.88 Å². The van der Waals surface area contributed by atoms with E-state index in [-0.39, 0.29) is 16.7 Å². The summed E-state index contributed by atoms with van der Waals surface area (Å²) in [6.45, 7) is 4.16. The van der Waals surface area contributed by atoms with Crippen LogP contribution in [-0.4, -0.2) is 53.5 Å². The van der Waals surface area contributed by atoms with Crippen molar-refractivity contribution in [3.05, 3.63) is 65.1 Å². The zero-order valence-electron chi connectivity index (χ0n) is 21.7. The molecule has 2 aromatic carbocycles. The lowest BCUT2D eigenvalue weighted by atomic mass is 9.72. The second-order valence-corrected chi connectivity index (χ2v) is 11.3. The number of carboxylic acids is 1. The van der Waals surface area contributed by atoms with Crippen molar-refractivity contribution in [2.24, 2.45) is 5.41 Å². The fourth-order valence-electron chi connectivity index (χ4n) is 5.43. The number of hydrogen-bond donors (Lipinski definition) is 1. The van der Waals surface area contributed by atoms with Crippen molar-refractivity contribution in [1.29, 1.82) is 0 Å². The third-order valence-corrected chi connectivity index (χ3v) is 8.60. The zero-order chi connectivity index (χ0) is 27.3. The van der Waals surface area contributed by atoms with Gasteiger partial charge in [0.05, 0.1) is 19.0 Å². The lowest BCUT2D eigenvalue weighted by molar-refractivity contribution is -0.140. The molecule has 5 nitrogen and oxygen atoms in total. The number of fused-ring (bicyclic) bond motifs is 1. The highest BCUT2D eigenvalue weighted by Crippen LogP contribution is 2.40. The van der Waals surface area contributed by atoms with Gasteiger partial charge in [-0.25, -0.2) is 13.2 Å². The van der Waals surface area contributed by atoms with Crippen LogP contribution in [0.3, 0.4) is 0 Å². The molecule has 0 atom stereocenters. The minimum atomic E-state index is -1.18. The van der Waals surface area contributed by atoms with Crippen molar-refractivity contribution < 1.29 is 27.8 Å². The second-order valence-electron chi connectivity index (χ2n) is 10.1. The normalized spacial score (nSPS) is 15.6. The van der Waals surface area contributed by atoms with Gasteiger partial charge in [0.2, 0.25) is 0 Å². The van der Waals surface area contributed by atoms with Crippen LogP contribution in [0.1, 0.15) is 43.2 Å². The van der Waals surface area contributed by atoms with Crippen LogP contribution in [0.25, 0.3) is 10.9 Å². The fraction of sp³-hybridized carbons (Fsp3) is 0.448. The first-order chi connectivity index (χ1) is 18.2. The van der Waals surface area contributed by atoms with Gasteiger partial charge in [0.25, 0.3) is 0 Å². The maximum atomic E-state index is 13.9. The van der Waals surface area contributed by atoms with Gasteiger partial charge in [-0.1, -0.05) is 0 Å². The predicted molar refractivity (Wildman–Crippen MR) is 143 cm³/mol. The van der Waals surface area contributed by atoms with Crippen LogP contribution in [0.5, 0.6) is 5.75 Å². The number of aliphatic carboxylic acids is 1. The summed E-state index contributed by atoms with van der Waals surface area (Å²) in [5.74, 6) is -2.51. The van der Waals surface area contributed by atoms with Crippen LogP contribution in [0, 0.1) is 29.8 Å². The number of carbonyl (C=O) groups is 1. The number of carboxylic acid groups (broad SMARTS) is 1. The van der Waals surface area contributed by atoms with E-state index >= 15 is 0 Å². The topological polar surface area (TPSA) is 62.7 Å². The van der Waals surface area contributed by atoms with Crippen LogP contribution in [-0.2, 0) is 11.2 Å². The Kier molecular flexibility index (Phi) is 9.20. The maximum absolute atomic E-state index is 13.9. The molecule has 0 unspecified atom stereocenters. The van der Waals surface area contributed by atoms with Gasteiger partial charge in [-0.15, -0.1) is 11.8 Å². The molecule has 0 amide bonds. The lowest BCUT2D eigenvalue weighted by Gasteiger charge is -2.41. The minimum Gasteiger partial charge on any atom is -0.497 e. The monoisotopic (exact) mass is 546 g/mol. The number of piperidine rings is 1. The van der Waals surface area contributed by atoms with Crippen molar-refractivity contribution in [2.45, 2.75) is 50.3 Å². The molecular formula is C29H33F3N2O3S. The summed E-state index contributed by atoms with van der Waals surface area (Å²) in [6.07, 6.45) is 6.04. The molecule has 1 aromatic heterocycles. The summed E-state index contributed by atoms with van der Waals surface area (Å²) in [5, 5.41) is 10.7. The van der Waals surface area contributed by atoms with Gasteiger partial charge in [-0.2, -0.15) is 0 Å². The molecule has 0 radical (unpaired) electrons. The third-order valence-electron chi connectivity index (χ3n) is 7.60. The molecule has 0 spiro atoms. The molecule has 3 aromatic rings. The van der Waals surface area contributed by atoms with Crippen molar-refractivity contribution in [2.75, 3.05) is 32.5 Å². The lowest BCUT2D eigenvalue weighted by Crippen LogP contribution is -2.42. The zero-order valence-corrected chi connectivity index (χ0v) is 22.6. The average Bonchev–Trinajstić information content (AvgIpc) is 2.88. The van der Waals surface area contributed by atoms with Crippen LogP contribution in [0.2, 0.25) is 0 Å². The number of nitrogens with zero attached hydrogens (tertiary/aromatic N) is 2. The largest absolute Gasteiger partial charge is 0.497 e. The van der Waals surface area contributed by atoms with E-state index in [1.807, 2.05) is 24.4 Å². The summed E-state index contributed by atoms with van der Waals surface area (Å²) < 4.78 is 46.2. The van der Waals surface area contributed by atoms with E-state index in [9.17, 15) is 23.1 Å². The summed E-state index contributed by atoms with van der Waals surface area (Å²) in [6, 6.07) is 7.42. The average molecular weight is 547 g/mol. The first-order valence-electron chi connectivity index (χ1n) is 12.8. The van der Waals surface area contributed by atoms with Crippen LogP contribution in [0.4, 0.5) is 13.2 Å². The number of aryl methyl sites for hydroxylation is 2. The highest BCUT2D eigenvalue weighted by molar-refractivity contribution is 7.99. The summed E-state index contributed by atoms with van der Waals surface area (Å²) >= 11 is 1.09. The summed E-state index contributed by atoms with van der Waals surface area (Å²) in [4.78, 5) is 18.5. The molecule has 4 rings (SSSR count). The number of ether oxygens (including phenoxy) is 1. The molecule has 38 heavy (non-hydrogen) atoms. The Labute approximate surface area is 225 Å². The highest BCUT2D eigenvalue weighted by atomic mass is 32.2. The number of halogens is 3. The van der Waals surface area contributed by atoms with E-state index in [1.54, 1.807) is 7.11 Å². The highest BCUT2D eigenvalue weighted by Gasteiger charge is 2.36. The molecule has 1 aliphatic rings. The number of thioether (sulfide) groups is 1.